The van der Waals surface area contributed by atoms with Gasteiger partial charge >= 0.3 is 0 Å². The van der Waals surface area contributed by atoms with Crippen LogP contribution in [0.5, 0.6) is 0 Å². The minimum Gasteiger partial charge on any atom is -0.459 e. The van der Waals surface area contributed by atoms with E-state index in [0.717, 1.165) is 11.8 Å². The molecule has 2 heterocycles. The van der Waals surface area contributed by atoms with Gasteiger partial charge in [0.05, 0.1) is 5.69 Å². The summed E-state index contributed by atoms with van der Waals surface area (Å²) in [6.45, 7) is 0.654. The third-order valence-corrected chi connectivity index (χ3v) is 4.10. The summed E-state index contributed by atoms with van der Waals surface area (Å²) in [5.41, 5.74) is 8.99. The van der Waals surface area contributed by atoms with Crippen LogP contribution in [0.3, 0.4) is 0 Å². The van der Waals surface area contributed by atoms with Crippen LogP contribution in [0.15, 0.2) is 34.0 Å². The molecular formula is C12H9FN4O2S. The first-order chi connectivity index (χ1) is 9.70. The van der Waals surface area contributed by atoms with Gasteiger partial charge in [-0.15, -0.1) is 0 Å². The average molecular weight is 292 g/mol. The number of carbonyl (C=O) groups is 1. The fraction of sp³-hybridized carbons (Fsp3) is 0.250. The maximum absolute atomic E-state index is 13.6. The van der Waals surface area contributed by atoms with E-state index < -0.39 is 5.82 Å². The first-order valence-electron chi connectivity index (χ1n) is 5.85. The number of azide groups is 1. The van der Waals surface area contributed by atoms with Gasteiger partial charge in [-0.25, -0.2) is 4.39 Å². The highest BCUT2D eigenvalue weighted by atomic mass is 32.2. The van der Waals surface area contributed by atoms with Crippen molar-refractivity contribution in [3.63, 3.8) is 0 Å². The zero-order valence-electron chi connectivity index (χ0n) is 10.2. The first kappa shape index (κ1) is 12.8. The summed E-state index contributed by atoms with van der Waals surface area (Å²) < 4.78 is 18.8. The Morgan fingerprint density at radius 3 is 3.25 bits per heavy atom. The van der Waals surface area contributed by atoms with Gasteiger partial charge in [-0.3, -0.25) is 9.69 Å². The second-order valence-electron chi connectivity index (χ2n) is 4.27. The molecule has 2 aromatic rings. The van der Waals surface area contributed by atoms with E-state index in [1.165, 1.54) is 17.2 Å². The van der Waals surface area contributed by atoms with Gasteiger partial charge in [0.1, 0.15) is 6.26 Å². The van der Waals surface area contributed by atoms with Gasteiger partial charge in [-0.1, -0.05) is 22.9 Å². The lowest BCUT2D eigenvalue weighted by atomic mass is 10.2. The number of fused-ring (bicyclic) bond motifs is 1. The van der Waals surface area contributed by atoms with Gasteiger partial charge in [0.15, 0.2) is 11.4 Å². The molecule has 102 valence electrons. The van der Waals surface area contributed by atoms with E-state index in [1.54, 1.807) is 12.1 Å². The largest absolute Gasteiger partial charge is 0.459 e. The normalized spacial score (nSPS) is 18.6. The molecule has 0 spiro atoms. The predicted molar refractivity (Wildman–Crippen MR) is 74.3 cm³/mol. The van der Waals surface area contributed by atoms with Gasteiger partial charge in [0.25, 0.3) is 5.24 Å². The summed E-state index contributed by atoms with van der Waals surface area (Å²) in [5, 5.41) is 3.78. The van der Waals surface area contributed by atoms with E-state index in [9.17, 15) is 9.18 Å². The molecule has 1 aliphatic rings. The van der Waals surface area contributed by atoms with E-state index in [2.05, 4.69) is 10.0 Å². The third-order valence-electron chi connectivity index (χ3n) is 3.04. The van der Waals surface area contributed by atoms with E-state index >= 15 is 0 Å². The number of thioether (sulfide) groups is 1. The lowest BCUT2D eigenvalue weighted by Gasteiger charge is -2.13. The zero-order chi connectivity index (χ0) is 14.1. The van der Waals surface area contributed by atoms with E-state index in [0.29, 0.717) is 17.6 Å². The monoisotopic (exact) mass is 292 g/mol. The van der Waals surface area contributed by atoms with Crippen LogP contribution in [-0.4, -0.2) is 23.6 Å². The third kappa shape index (κ3) is 2.09. The van der Waals surface area contributed by atoms with Crippen molar-refractivity contribution in [2.24, 2.45) is 5.11 Å². The molecule has 0 unspecified atom stereocenters. The minimum atomic E-state index is -0.460. The number of benzene rings is 1. The molecule has 0 bridgehead atoms. The predicted octanol–water partition coefficient (Wildman–Crippen LogP) is 3.92. The number of hydrogen-bond acceptors (Lipinski definition) is 4. The van der Waals surface area contributed by atoms with Crippen molar-refractivity contribution in [3.8, 4) is 0 Å². The van der Waals surface area contributed by atoms with Crippen molar-refractivity contribution in [2.45, 2.75) is 5.25 Å². The molecule has 0 radical (unpaired) electrons. The van der Waals surface area contributed by atoms with Crippen molar-refractivity contribution >= 4 is 33.7 Å². The molecule has 8 heteroatoms. The van der Waals surface area contributed by atoms with Crippen LogP contribution < -0.4 is 4.90 Å². The molecule has 1 amide bonds. The fourth-order valence-corrected chi connectivity index (χ4v) is 3.11. The molecule has 3 rings (SSSR count). The molecule has 0 saturated carbocycles. The Hall–Kier alpha value is -2.18. The lowest BCUT2D eigenvalue weighted by molar-refractivity contribution is 0.266. The molecule has 1 saturated heterocycles. The van der Waals surface area contributed by atoms with Gasteiger partial charge in [-0.05, 0) is 17.7 Å². The second kappa shape index (κ2) is 5.07. The fourth-order valence-electron chi connectivity index (χ4n) is 2.16. The smallest absolute Gasteiger partial charge is 0.286 e. The van der Waals surface area contributed by atoms with Crippen molar-refractivity contribution in [1.29, 1.82) is 0 Å². The summed E-state index contributed by atoms with van der Waals surface area (Å²) in [6.07, 6.45) is 1.38. The van der Waals surface area contributed by atoms with Crippen molar-refractivity contribution in [3.05, 3.63) is 40.7 Å². The molecular weight excluding hydrogens is 283 g/mol. The molecule has 1 aliphatic heterocycles. The Balaban J connectivity index is 1.93. The molecule has 1 aromatic heterocycles. The van der Waals surface area contributed by atoms with Crippen molar-refractivity contribution in [1.82, 2.24) is 0 Å². The van der Waals surface area contributed by atoms with Gasteiger partial charge in [0, 0.05) is 28.6 Å². The Kier molecular flexibility index (Phi) is 3.25. The number of carbonyl (C=O) groups excluding carboxylic acids is 1. The van der Waals surface area contributed by atoms with Crippen LogP contribution in [0.1, 0.15) is 0 Å². The maximum Gasteiger partial charge on any atom is 0.286 e. The van der Waals surface area contributed by atoms with Crippen LogP contribution >= 0.6 is 11.8 Å². The first-order valence-corrected chi connectivity index (χ1v) is 6.73. The molecule has 1 fully saturated rings. The lowest BCUT2D eigenvalue weighted by Crippen LogP contribution is -2.24. The summed E-state index contributed by atoms with van der Waals surface area (Å²) in [4.78, 5) is 16.2. The number of furan rings is 1. The second-order valence-corrected chi connectivity index (χ2v) is 5.52. The van der Waals surface area contributed by atoms with Gasteiger partial charge in [0.2, 0.25) is 0 Å². The van der Waals surface area contributed by atoms with Crippen LogP contribution in [-0.2, 0) is 0 Å². The summed E-state index contributed by atoms with van der Waals surface area (Å²) in [6, 6.07) is 4.58. The van der Waals surface area contributed by atoms with Crippen LogP contribution in [0, 0.1) is 5.82 Å². The zero-order valence-corrected chi connectivity index (χ0v) is 11.0. The molecule has 6 nitrogen and oxygen atoms in total. The number of para-hydroxylation sites is 1. The Morgan fingerprint density at radius 2 is 2.45 bits per heavy atom. The number of rotatable bonds is 3. The summed E-state index contributed by atoms with van der Waals surface area (Å²) in [5.74, 6) is -0.460. The molecule has 20 heavy (non-hydrogen) atoms. The van der Waals surface area contributed by atoms with E-state index in [1.807, 2.05) is 0 Å². The topological polar surface area (TPSA) is 82.2 Å². The highest BCUT2D eigenvalue weighted by Crippen LogP contribution is 2.36. The number of nitrogens with zero attached hydrogens (tertiary/aromatic N) is 4. The van der Waals surface area contributed by atoms with Crippen molar-refractivity contribution in [2.75, 3.05) is 18.0 Å². The van der Waals surface area contributed by atoms with Gasteiger partial charge < -0.3 is 4.42 Å². The molecule has 1 aromatic carbocycles. The molecule has 1 atom stereocenters. The number of anilines is 1. The molecule has 0 N–H and O–H groups in total. The van der Waals surface area contributed by atoms with Crippen LogP contribution in [0.2, 0.25) is 0 Å². The minimum absolute atomic E-state index is 0.100. The van der Waals surface area contributed by atoms with E-state index in [-0.39, 0.29) is 22.6 Å². The summed E-state index contributed by atoms with van der Waals surface area (Å²) in [7, 11) is 0. The van der Waals surface area contributed by atoms with Crippen molar-refractivity contribution < 1.29 is 13.6 Å². The van der Waals surface area contributed by atoms with Crippen LogP contribution in [0.4, 0.5) is 14.9 Å². The molecule has 0 aliphatic carbocycles. The Bertz CT molecular complexity index is 725. The average Bonchev–Trinajstić information content (AvgIpc) is 3.01. The van der Waals surface area contributed by atoms with E-state index in [4.69, 9.17) is 9.95 Å². The van der Waals surface area contributed by atoms with Crippen LogP contribution in [0.25, 0.3) is 21.4 Å². The highest BCUT2D eigenvalue weighted by molar-refractivity contribution is 8.14. The maximum atomic E-state index is 13.6. The number of halogens is 1. The van der Waals surface area contributed by atoms with Gasteiger partial charge in [-0.2, -0.15) is 0 Å². The summed E-state index contributed by atoms with van der Waals surface area (Å²) >= 11 is 1.11. The Morgan fingerprint density at radius 1 is 1.60 bits per heavy atom. The number of amides is 1. The quantitative estimate of drug-likeness (QED) is 0.488. The number of hydrogen-bond donors (Lipinski definition) is 0. The highest BCUT2D eigenvalue weighted by Gasteiger charge is 2.33. The SMILES string of the molecule is [N-]=[N+]=NC[C@H]1CN(c2coc3c(F)cccc23)C(=O)S1. The Labute approximate surface area is 117 Å². The standard InChI is InChI=1S/C12H9FN4O2S/c13-9-3-1-2-8-10(6-19-11(8)9)17-5-7(4-15-16-14)20-12(17)18/h1-3,6-7H,4-5H2/t7-/m0/s1.